The average Bonchev–Trinajstić information content (AvgIpc) is 2.84. The zero-order valence-corrected chi connectivity index (χ0v) is 12.3. The first kappa shape index (κ1) is 13.9. The van der Waals surface area contributed by atoms with Gasteiger partial charge in [0.1, 0.15) is 5.76 Å². The monoisotopic (exact) mass is 274 g/mol. The molecule has 1 aromatic heterocycles. The molecule has 0 radical (unpaired) electrons. The second-order valence-electron chi connectivity index (χ2n) is 5.48. The minimum Gasteiger partial charge on any atom is -0.457 e. The van der Waals surface area contributed by atoms with Crippen LogP contribution in [0.25, 0.3) is 0 Å². The molecule has 2 rings (SSSR count). The van der Waals surface area contributed by atoms with Gasteiger partial charge in [-0.2, -0.15) is 0 Å². The lowest BCUT2D eigenvalue weighted by Crippen LogP contribution is -2.10. The van der Waals surface area contributed by atoms with Crippen LogP contribution in [0.15, 0.2) is 45.7 Å². The van der Waals surface area contributed by atoms with Crippen LogP contribution in [0.2, 0.25) is 0 Å². The van der Waals surface area contributed by atoms with E-state index in [9.17, 15) is 4.79 Å². The van der Waals surface area contributed by atoms with Crippen molar-refractivity contribution in [3.05, 3.63) is 53.5 Å². The first-order valence-electron chi connectivity index (χ1n) is 6.26. The van der Waals surface area contributed by atoms with Crippen molar-refractivity contribution in [3.63, 3.8) is 0 Å². The van der Waals surface area contributed by atoms with E-state index in [0.717, 1.165) is 17.8 Å². The lowest BCUT2D eigenvalue weighted by Gasteiger charge is -2.18. The number of benzene rings is 1. The molecule has 0 amide bonds. The van der Waals surface area contributed by atoms with E-state index in [4.69, 9.17) is 4.42 Å². The highest BCUT2D eigenvalue weighted by atomic mass is 32.2. The van der Waals surface area contributed by atoms with Crippen molar-refractivity contribution in [3.8, 4) is 0 Å². The molecule has 3 heteroatoms. The Morgan fingerprint density at radius 3 is 2.32 bits per heavy atom. The van der Waals surface area contributed by atoms with Gasteiger partial charge in [0.25, 0.3) is 0 Å². The molecule has 1 heterocycles. The molecule has 100 valence electrons. The number of carbonyl (C=O) groups is 1. The summed E-state index contributed by atoms with van der Waals surface area (Å²) in [7, 11) is 0. The Bertz CT molecular complexity index is 547. The van der Waals surface area contributed by atoms with Gasteiger partial charge in [-0.3, -0.25) is 4.79 Å². The Morgan fingerprint density at radius 1 is 1.11 bits per heavy atom. The van der Waals surface area contributed by atoms with E-state index in [1.165, 1.54) is 10.5 Å². The third kappa shape index (κ3) is 3.74. The van der Waals surface area contributed by atoms with Gasteiger partial charge in [-0.1, -0.05) is 32.9 Å². The van der Waals surface area contributed by atoms with Crippen LogP contribution in [0.1, 0.15) is 42.6 Å². The fraction of sp³-hybridized carbons (Fsp3) is 0.312. The van der Waals surface area contributed by atoms with Gasteiger partial charge in [-0.15, -0.1) is 11.8 Å². The van der Waals surface area contributed by atoms with E-state index in [1.807, 2.05) is 6.07 Å². The predicted octanol–water partition coefficient (Wildman–Crippen LogP) is 4.68. The summed E-state index contributed by atoms with van der Waals surface area (Å²) in [4.78, 5) is 11.7. The Kier molecular flexibility index (Phi) is 4.15. The molecule has 0 aliphatic rings. The van der Waals surface area contributed by atoms with Gasteiger partial charge >= 0.3 is 0 Å². The third-order valence-electron chi connectivity index (χ3n) is 2.90. The number of hydrogen-bond acceptors (Lipinski definition) is 3. The SMILES string of the molecule is CC(C)(C)c1ccc(SCc2ccc(C=O)o2)cc1. The molecule has 0 saturated carbocycles. The smallest absolute Gasteiger partial charge is 0.185 e. The second-order valence-corrected chi connectivity index (χ2v) is 6.53. The molecule has 0 aliphatic carbocycles. The first-order chi connectivity index (χ1) is 8.99. The molecule has 0 spiro atoms. The lowest BCUT2D eigenvalue weighted by atomic mass is 9.87. The number of aldehydes is 1. The van der Waals surface area contributed by atoms with Gasteiger partial charge in [-0.05, 0) is 35.2 Å². The lowest BCUT2D eigenvalue weighted by molar-refractivity contribution is 0.109. The summed E-state index contributed by atoms with van der Waals surface area (Å²) < 4.78 is 5.34. The molecule has 2 aromatic rings. The van der Waals surface area contributed by atoms with Crippen LogP contribution in [0.5, 0.6) is 0 Å². The molecule has 1 aromatic carbocycles. The van der Waals surface area contributed by atoms with Crippen LogP contribution >= 0.6 is 11.8 Å². The maximum Gasteiger partial charge on any atom is 0.185 e. The minimum atomic E-state index is 0.184. The molecule has 0 fully saturated rings. The van der Waals surface area contributed by atoms with Crippen molar-refractivity contribution in [1.29, 1.82) is 0 Å². The first-order valence-corrected chi connectivity index (χ1v) is 7.25. The van der Waals surface area contributed by atoms with E-state index >= 15 is 0 Å². The maximum absolute atomic E-state index is 10.5. The third-order valence-corrected chi connectivity index (χ3v) is 3.93. The van der Waals surface area contributed by atoms with Gasteiger partial charge in [0.2, 0.25) is 0 Å². The molecule has 0 atom stereocenters. The van der Waals surface area contributed by atoms with Crippen molar-refractivity contribution in [2.45, 2.75) is 36.8 Å². The minimum absolute atomic E-state index is 0.184. The Morgan fingerprint density at radius 2 is 1.79 bits per heavy atom. The van der Waals surface area contributed by atoms with Crippen LogP contribution in [-0.2, 0) is 11.2 Å². The molecular formula is C16H18O2S. The van der Waals surface area contributed by atoms with Crippen molar-refractivity contribution < 1.29 is 9.21 Å². The normalized spacial score (nSPS) is 11.5. The van der Waals surface area contributed by atoms with Gasteiger partial charge < -0.3 is 4.42 Å². The van der Waals surface area contributed by atoms with E-state index in [0.29, 0.717) is 5.76 Å². The highest BCUT2D eigenvalue weighted by molar-refractivity contribution is 7.98. The number of carbonyl (C=O) groups excluding carboxylic acids is 1. The van der Waals surface area contributed by atoms with Crippen LogP contribution in [0.4, 0.5) is 0 Å². The van der Waals surface area contributed by atoms with E-state index in [-0.39, 0.29) is 5.41 Å². The molecule has 0 bridgehead atoms. The number of hydrogen-bond donors (Lipinski definition) is 0. The van der Waals surface area contributed by atoms with E-state index in [1.54, 1.807) is 17.8 Å². The van der Waals surface area contributed by atoms with Crippen molar-refractivity contribution in [1.82, 2.24) is 0 Å². The van der Waals surface area contributed by atoms with Crippen LogP contribution in [0, 0.1) is 0 Å². The summed E-state index contributed by atoms with van der Waals surface area (Å²) in [5.74, 6) is 1.95. The second kappa shape index (κ2) is 5.66. The standard InChI is InChI=1S/C16H18O2S/c1-16(2,3)12-4-8-15(9-5-12)19-11-14-7-6-13(10-17)18-14/h4-10H,11H2,1-3H3. The maximum atomic E-state index is 10.5. The molecule has 0 unspecified atom stereocenters. The largest absolute Gasteiger partial charge is 0.457 e. The predicted molar refractivity (Wildman–Crippen MR) is 78.8 cm³/mol. The summed E-state index contributed by atoms with van der Waals surface area (Å²) in [6, 6.07) is 12.2. The van der Waals surface area contributed by atoms with Gasteiger partial charge in [0, 0.05) is 4.90 Å². The topological polar surface area (TPSA) is 30.2 Å². The summed E-state index contributed by atoms with van der Waals surface area (Å²) in [6.07, 6.45) is 0.728. The average molecular weight is 274 g/mol. The van der Waals surface area contributed by atoms with Gasteiger partial charge in [0.05, 0.1) is 5.75 Å². The quantitative estimate of drug-likeness (QED) is 0.599. The van der Waals surface area contributed by atoms with E-state index < -0.39 is 0 Å². The molecule has 0 N–H and O–H groups in total. The number of rotatable bonds is 4. The summed E-state index contributed by atoms with van der Waals surface area (Å²) in [6.45, 7) is 6.62. The number of thioether (sulfide) groups is 1. The Hall–Kier alpha value is -1.48. The van der Waals surface area contributed by atoms with Crippen LogP contribution < -0.4 is 0 Å². The molecule has 0 saturated heterocycles. The summed E-state index contributed by atoms with van der Waals surface area (Å²) in [5, 5.41) is 0. The highest BCUT2D eigenvalue weighted by Gasteiger charge is 2.12. The van der Waals surface area contributed by atoms with E-state index in [2.05, 4.69) is 45.0 Å². The van der Waals surface area contributed by atoms with Crippen molar-refractivity contribution in [2.75, 3.05) is 0 Å². The van der Waals surface area contributed by atoms with Crippen LogP contribution in [0.3, 0.4) is 0 Å². The molecular weight excluding hydrogens is 256 g/mol. The molecule has 2 nitrogen and oxygen atoms in total. The Labute approximate surface area is 118 Å². The fourth-order valence-electron chi connectivity index (χ4n) is 1.74. The molecule has 19 heavy (non-hydrogen) atoms. The number of furan rings is 1. The summed E-state index contributed by atoms with van der Waals surface area (Å²) in [5.41, 5.74) is 1.52. The fourth-order valence-corrected chi connectivity index (χ4v) is 2.53. The molecule has 0 aliphatic heterocycles. The zero-order valence-electron chi connectivity index (χ0n) is 11.5. The van der Waals surface area contributed by atoms with Crippen LogP contribution in [-0.4, -0.2) is 6.29 Å². The van der Waals surface area contributed by atoms with Gasteiger partial charge in [0.15, 0.2) is 12.0 Å². The highest BCUT2D eigenvalue weighted by Crippen LogP contribution is 2.27. The van der Waals surface area contributed by atoms with Crippen molar-refractivity contribution >= 4 is 18.0 Å². The summed E-state index contributed by atoms with van der Waals surface area (Å²) >= 11 is 1.71. The van der Waals surface area contributed by atoms with Gasteiger partial charge in [-0.25, -0.2) is 0 Å². The zero-order chi connectivity index (χ0) is 13.9. The van der Waals surface area contributed by atoms with Crippen molar-refractivity contribution in [2.24, 2.45) is 0 Å². The Balaban J connectivity index is 1.98.